The summed E-state index contributed by atoms with van der Waals surface area (Å²) < 4.78 is 71.0. The molecule has 2 heterocycles. The van der Waals surface area contributed by atoms with Crippen LogP contribution in [0, 0.1) is 4.84 Å². The molecular formula is C21H23F3N3O3S2+. The number of halogens is 3. The predicted molar refractivity (Wildman–Crippen MR) is 117 cm³/mol. The summed E-state index contributed by atoms with van der Waals surface area (Å²) in [5, 5.41) is 0. The molecule has 1 saturated heterocycles. The van der Waals surface area contributed by atoms with E-state index in [-0.39, 0.29) is 15.5 Å². The van der Waals surface area contributed by atoms with Gasteiger partial charge in [0.1, 0.15) is 0 Å². The lowest BCUT2D eigenvalue weighted by Gasteiger charge is -2.34. The van der Waals surface area contributed by atoms with Gasteiger partial charge in [-0.25, -0.2) is 8.42 Å². The maximum Gasteiger partial charge on any atom is 0.416 e. The Hall–Kier alpha value is -2.37. The van der Waals surface area contributed by atoms with Gasteiger partial charge in [0.25, 0.3) is 4.84 Å². The lowest BCUT2D eigenvalue weighted by atomic mass is 10.1. The van der Waals surface area contributed by atoms with E-state index in [1.165, 1.54) is 23.1 Å². The van der Waals surface area contributed by atoms with Gasteiger partial charge in [0, 0.05) is 5.69 Å². The molecule has 0 unspecified atom stereocenters. The van der Waals surface area contributed by atoms with Gasteiger partial charge >= 0.3 is 6.18 Å². The first-order valence-electron chi connectivity index (χ1n) is 10.2. The van der Waals surface area contributed by atoms with Crippen LogP contribution in [0.4, 0.5) is 18.9 Å². The van der Waals surface area contributed by atoms with Crippen LogP contribution in [0.1, 0.15) is 12.5 Å². The van der Waals surface area contributed by atoms with Crippen LogP contribution in [0.15, 0.2) is 51.8 Å². The average Bonchev–Trinajstić information content (AvgIpc) is 3.08. The molecule has 1 fully saturated rings. The summed E-state index contributed by atoms with van der Waals surface area (Å²) in [6.45, 7) is 4.65. The third-order valence-corrected chi connectivity index (χ3v) is 7.80. The van der Waals surface area contributed by atoms with Crippen molar-refractivity contribution in [3.63, 3.8) is 0 Å². The second-order valence-electron chi connectivity index (χ2n) is 7.77. The van der Waals surface area contributed by atoms with Crippen molar-refractivity contribution in [3.05, 3.63) is 52.9 Å². The van der Waals surface area contributed by atoms with Crippen molar-refractivity contribution < 1.29 is 30.9 Å². The number of alkyl halides is 3. The Balaban J connectivity index is 1.51. The molecule has 2 aromatic carbocycles. The van der Waals surface area contributed by atoms with Crippen molar-refractivity contribution in [2.75, 3.05) is 36.8 Å². The zero-order valence-electron chi connectivity index (χ0n) is 17.4. The molecule has 0 spiro atoms. The molecule has 0 bridgehead atoms. The summed E-state index contributed by atoms with van der Waals surface area (Å²) in [4.78, 5) is 3.60. The lowest BCUT2D eigenvalue weighted by Crippen LogP contribution is -3.14. The minimum absolute atomic E-state index is 0.000160. The van der Waals surface area contributed by atoms with E-state index in [2.05, 4.69) is 0 Å². The van der Waals surface area contributed by atoms with Crippen LogP contribution >= 0.6 is 12.2 Å². The molecule has 0 atom stereocenters. The minimum Gasteiger partial charge on any atom is -0.429 e. The molecule has 0 aliphatic carbocycles. The van der Waals surface area contributed by atoms with E-state index >= 15 is 0 Å². The number of sulfone groups is 1. The van der Waals surface area contributed by atoms with E-state index in [0.717, 1.165) is 6.07 Å². The maximum atomic E-state index is 13.0. The van der Waals surface area contributed by atoms with Gasteiger partial charge in [0.2, 0.25) is 0 Å². The normalized spacial score (nSPS) is 16.1. The van der Waals surface area contributed by atoms with Crippen LogP contribution in [0.2, 0.25) is 0 Å². The highest BCUT2D eigenvalue weighted by Gasteiger charge is 2.31. The summed E-state index contributed by atoms with van der Waals surface area (Å²) in [5.41, 5.74) is 1.04. The number of aromatic nitrogens is 1. The summed E-state index contributed by atoms with van der Waals surface area (Å²) >= 11 is 5.35. The van der Waals surface area contributed by atoms with Crippen LogP contribution in [0.25, 0.3) is 11.1 Å². The number of hydrogen-bond acceptors (Lipinski definition) is 5. The lowest BCUT2D eigenvalue weighted by molar-refractivity contribution is -0.923. The van der Waals surface area contributed by atoms with Gasteiger partial charge in [0.15, 0.2) is 22.1 Å². The Labute approximate surface area is 188 Å². The topological polar surface area (TPSA) is 59.9 Å². The zero-order chi connectivity index (χ0) is 23.1. The molecule has 1 aromatic heterocycles. The van der Waals surface area contributed by atoms with Crippen molar-refractivity contribution >= 4 is 38.8 Å². The highest BCUT2D eigenvalue weighted by Crippen LogP contribution is 2.31. The first-order valence-corrected chi connectivity index (χ1v) is 12.3. The quantitative estimate of drug-likeness (QED) is 0.562. The molecule has 0 amide bonds. The molecule has 4 rings (SSSR count). The third-order valence-electron chi connectivity index (χ3n) is 5.77. The first kappa shape index (κ1) is 22.8. The fourth-order valence-corrected chi connectivity index (χ4v) is 5.05. The number of nitrogens with one attached hydrogen (secondary N) is 1. The number of benzene rings is 2. The summed E-state index contributed by atoms with van der Waals surface area (Å²) in [5.74, 6) is -0.000160. The van der Waals surface area contributed by atoms with E-state index in [0.29, 0.717) is 49.6 Å². The van der Waals surface area contributed by atoms with E-state index in [9.17, 15) is 21.6 Å². The Morgan fingerprint density at radius 3 is 2.50 bits per heavy atom. The average molecular weight is 487 g/mol. The van der Waals surface area contributed by atoms with E-state index in [4.69, 9.17) is 16.6 Å². The van der Waals surface area contributed by atoms with Gasteiger partial charge in [-0.05, 0) is 48.6 Å². The molecule has 1 N–H and O–H groups in total. The largest absolute Gasteiger partial charge is 0.429 e. The summed E-state index contributed by atoms with van der Waals surface area (Å²) in [6, 6.07) is 10.1. The van der Waals surface area contributed by atoms with Crippen molar-refractivity contribution in [2.24, 2.45) is 0 Å². The first-order chi connectivity index (χ1) is 15.1. The molecule has 1 aliphatic rings. The van der Waals surface area contributed by atoms with Crippen LogP contribution in [-0.2, 0) is 22.7 Å². The molecule has 6 nitrogen and oxygen atoms in total. The summed E-state index contributed by atoms with van der Waals surface area (Å²) in [7, 11) is -3.36. The number of nitrogens with zero attached hydrogens (tertiary/aromatic N) is 2. The number of piperazine rings is 1. The Bertz CT molecular complexity index is 1290. The highest BCUT2D eigenvalue weighted by atomic mass is 32.2. The monoisotopic (exact) mass is 486 g/mol. The number of anilines is 1. The Kier molecular flexibility index (Phi) is 6.08. The third kappa shape index (κ3) is 4.55. The number of fused-ring (bicyclic) bond motifs is 1. The van der Waals surface area contributed by atoms with E-state index < -0.39 is 21.6 Å². The van der Waals surface area contributed by atoms with Crippen LogP contribution in [0.5, 0.6) is 0 Å². The van der Waals surface area contributed by atoms with Crippen molar-refractivity contribution in [1.29, 1.82) is 0 Å². The van der Waals surface area contributed by atoms with Gasteiger partial charge in [-0.1, -0.05) is 13.0 Å². The maximum absolute atomic E-state index is 13.0. The minimum atomic E-state index is -4.37. The smallest absolute Gasteiger partial charge is 0.416 e. The standard InChI is InChI=1S/C21H22F3N3O3S2/c1-2-32(28,29)17-6-7-19-18(13-17)27(20(31)30-19)14-25-8-10-26(11-9-25)16-5-3-4-15(12-16)21(22,23)24/h3-7,12-13H,2,8-11,14H2,1H3/p+1. The molecule has 172 valence electrons. The second kappa shape index (κ2) is 8.53. The van der Waals surface area contributed by atoms with Gasteiger partial charge in [-0.2, -0.15) is 13.2 Å². The van der Waals surface area contributed by atoms with Gasteiger partial charge in [-0.15, -0.1) is 0 Å². The SMILES string of the molecule is CCS(=O)(=O)c1ccc2oc(=S)n(C[NH+]3CCN(c4cccc(C(F)(F)F)c4)CC3)c2c1. The molecule has 0 saturated carbocycles. The van der Waals surface area contributed by atoms with Crippen molar-refractivity contribution in [3.8, 4) is 0 Å². The van der Waals surface area contributed by atoms with Crippen LogP contribution < -0.4 is 9.80 Å². The fourth-order valence-electron chi connectivity index (χ4n) is 3.89. The van der Waals surface area contributed by atoms with E-state index in [1.54, 1.807) is 29.7 Å². The second-order valence-corrected chi connectivity index (χ2v) is 10.4. The fraction of sp³-hybridized carbons (Fsp3) is 0.381. The van der Waals surface area contributed by atoms with Crippen molar-refractivity contribution in [1.82, 2.24) is 4.57 Å². The molecule has 0 radical (unpaired) electrons. The number of hydrogen-bond donors (Lipinski definition) is 1. The van der Waals surface area contributed by atoms with Gasteiger partial charge in [0.05, 0.1) is 47.9 Å². The van der Waals surface area contributed by atoms with Crippen molar-refractivity contribution in [2.45, 2.75) is 24.7 Å². The highest BCUT2D eigenvalue weighted by molar-refractivity contribution is 7.91. The number of quaternary nitrogens is 1. The Morgan fingerprint density at radius 1 is 1.12 bits per heavy atom. The Morgan fingerprint density at radius 2 is 1.84 bits per heavy atom. The molecule has 11 heteroatoms. The molecule has 1 aliphatic heterocycles. The molecule has 3 aromatic rings. The number of rotatable bonds is 5. The van der Waals surface area contributed by atoms with Crippen LogP contribution in [-0.4, -0.2) is 44.9 Å². The van der Waals surface area contributed by atoms with Crippen LogP contribution in [0.3, 0.4) is 0 Å². The summed E-state index contributed by atoms with van der Waals surface area (Å²) in [6.07, 6.45) is -4.37. The molecular weight excluding hydrogens is 463 g/mol. The molecule has 32 heavy (non-hydrogen) atoms. The van der Waals surface area contributed by atoms with Gasteiger partial charge in [-0.3, -0.25) is 4.57 Å². The predicted octanol–water partition coefficient (Wildman–Crippen LogP) is 3.14. The number of oxazole rings is 1. The van der Waals surface area contributed by atoms with E-state index in [1.807, 2.05) is 4.90 Å². The van der Waals surface area contributed by atoms with Gasteiger partial charge < -0.3 is 14.2 Å². The zero-order valence-corrected chi connectivity index (χ0v) is 19.0.